The highest BCUT2D eigenvalue weighted by Crippen LogP contribution is 2.15. The van der Waals surface area contributed by atoms with E-state index in [9.17, 15) is 4.79 Å². The molecular formula is C14H9ClN2O2. The zero-order valence-electron chi connectivity index (χ0n) is 9.76. The van der Waals surface area contributed by atoms with Gasteiger partial charge < -0.3 is 9.73 Å². The van der Waals surface area contributed by atoms with Crippen LogP contribution in [0.3, 0.4) is 0 Å². The van der Waals surface area contributed by atoms with Crippen LogP contribution in [-0.2, 0) is 4.79 Å². The summed E-state index contributed by atoms with van der Waals surface area (Å²) in [4.78, 5) is 11.9. The fourth-order valence-corrected chi connectivity index (χ4v) is 1.53. The van der Waals surface area contributed by atoms with Crippen LogP contribution >= 0.6 is 11.6 Å². The number of nitrogens with one attached hydrogen (secondary N) is 1. The second kappa shape index (κ2) is 5.89. The van der Waals surface area contributed by atoms with Gasteiger partial charge in [-0.1, -0.05) is 11.6 Å². The van der Waals surface area contributed by atoms with Gasteiger partial charge in [0, 0.05) is 16.3 Å². The second-order valence-corrected chi connectivity index (χ2v) is 4.12. The third kappa shape index (κ3) is 3.47. The molecule has 1 N–H and O–H groups in total. The van der Waals surface area contributed by atoms with Crippen LogP contribution in [0.1, 0.15) is 5.56 Å². The van der Waals surface area contributed by atoms with Crippen molar-refractivity contribution in [2.75, 3.05) is 5.32 Å². The molecule has 0 radical (unpaired) electrons. The average Bonchev–Trinajstić information content (AvgIpc) is 2.91. The average molecular weight is 273 g/mol. The van der Waals surface area contributed by atoms with Gasteiger partial charge in [-0.3, -0.25) is 4.79 Å². The molecule has 0 atom stereocenters. The van der Waals surface area contributed by atoms with E-state index in [1.54, 1.807) is 30.3 Å². The van der Waals surface area contributed by atoms with Crippen molar-refractivity contribution < 1.29 is 9.21 Å². The maximum atomic E-state index is 11.9. The van der Waals surface area contributed by atoms with Gasteiger partial charge in [0.25, 0.3) is 5.91 Å². The minimum Gasteiger partial charge on any atom is -0.472 e. The van der Waals surface area contributed by atoms with Crippen molar-refractivity contribution >= 4 is 29.3 Å². The van der Waals surface area contributed by atoms with Crippen LogP contribution in [0.25, 0.3) is 6.08 Å². The van der Waals surface area contributed by atoms with E-state index < -0.39 is 5.91 Å². The van der Waals surface area contributed by atoms with Crippen LogP contribution < -0.4 is 5.32 Å². The first-order valence-corrected chi connectivity index (χ1v) is 5.78. The molecule has 19 heavy (non-hydrogen) atoms. The van der Waals surface area contributed by atoms with Crippen LogP contribution in [0, 0.1) is 11.3 Å². The molecular weight excluding hydrogens is 264 g/mol. The molecule has 4 nitrogen and oxygen atoms in total. The van der Waals surface area contributed by atoms with Crippen molar-refractivity contribution in [1.29, 1.82) is 5.26 Å². The number of carbonyl (C=O) groups is 1. The largest absolute Gasteiger partial charge is 0.472 e. The molecule has 2 rings (SSSR count). The molecule has 1 aromatic heterocycles. The molecule has 94 valence electrons. The number of hydrogen-bond acceptors (Lipinski definition) is 3. The number of halogens is 1. The number of nitriles is 1. The first kappa shape index (κ1) is 12.9. The van der Waals surface area contributed by atoms with Crippen molar-refractivity contribution in [3.05, 3.63) is 59.0 Å². The van der Waals surface area contributed by atoms with E-state index in [0.717, 1.165) is 0 Å². The maximum Gasteiger partial charge on any atom is 0.266 e. The summed E-state index contributed by atoms with van der Waals surface area (Å²) in [5.74, 6) is -0.481. The van der Waals surface area contributed by atoms with E-state index in [1.807, 2.05) is 6.07 Å². The highest BCUT2D eigenvalue weighted by Gasteiger charge is 2.09. The maximum absolute atomic E-state index is 11.9. The van der Waals surface area contributed by atoms with Crippen molar-refractivity contribution in [2.24, 2.45) is 0 Å². The number of carbonyl (C=O) groups excluding carboxylic acids is 1. The highest BCUT2D eigenvalue weighted by molar-refractivity contribution is 6.30. The molecule has 5 heteroatoms. The fraction of sp³-hybridized carbons (Fsp3) is 0. The van der Waals surface area contributed by atoms with E-state index in [1.165, 1.54) is 18.6 Å². The van der Waals surface area contributed by atoms with Crippen molar-refractivity contribution in [1.82, 2.24) is 0 Å². The first-order valence-electron chi connectivity index (χ1n) is 5.40. The topological polar surface area (TPSA) is 66.0 Å². The Hall–Kier alpha value is -2.51. The molecule has 2 aromatic rings. The smallest absolute Gasteiger partial charge is 0.266 e. The first-order chi connectivity index (χ1) is 9.19. The zero-order valence-corrected chi connectivity index (χ0v) is 10.5. The van der Waals surface area contributed by atoms with Crippen LogP contribution in [0.15, 0.2) is 52.8 Å². The predicted octanol–water partition coefficient (Wildman–Crippen LogP) is 3.48. The van der Waals surface area contributed by atoms with Crippen molar-refractivity contribution in [3.63, 3.8) is 0 Å². The summed E-state index contributed by atoms with van der Waals surface area (Å²) in [7, 11) is 0. The number of amides is 1. The Morgan fingerprint density at radius 1 is 1.32 bits per heavy atom. The Kier molecular flexibility index (Phi) is 4.01. The van der Waals surface area contributed by atoms with E-state index in [2.05, 4.69) is 5.32 Å². The Labute approximate surface area is 114 Å². The number of anilines is 1. The van der Waals surface area contributed by atoms with Gasteiger partial charge in [-0.2, -0.15) is 5.26 Å². The van der Waals surface area contributed by atoms with Gasteiger partial charge in [0.2, 0.25) is 0 Å². The molecule has 0 saturated heterocycles. The molecule has 0 aliphatic carbocycles. The molecule has 0 fully saturated rings. The number of furan rings is 1. The van der Waals surface area contributed by atoms with E-state index >= 15 is 0 Å². The number of hydrogen-bond donors (Lipinski definition) is 1. The van der Waals surface area contributed by atoms with Gasteiger partial charge in [0.05, 0.1) is 12.5 Å². The van der Waals surface area contributed by atoms with Crippen LogP contribution in [0.5, 0.6) is 0 Å². The highest BCUT2D eigenvalue weighted by atomic mass is 35.5. The number of nitrogens with zero attached hydrogens (tertiary/aromatic N) is 1. The lowest BCUT2D eigenvalue weighted by atomic mass is 10.2. The van der Waals surface area contributed by atoms with Crippen LogP contribution in [0.2, 0.25) is 5.02 Å². The lowest BCUT2D eigenvalue weighted by Gasteiger charge is -2.03. The molecule has 0 bridgehead atoms. The lowest BCUT2D eigenvalue weighted by Crippen LogP contribution is -2.13. The SMILES string of the molecule is N#C/C(=C\c1ccoc1)C(=O)Nc1ccc(Cl)cc1. The summed E-state index contributed by atoms with van der Waals surface area (Å²) in [6.45, 7) is 0. The summed E-state index contributed by atoms with van der Waals surface area (Å²) in [6, 6.07) is 10.1. The van der Waals surface area contributed by atoms with E-state index in [4.69, 9.17) is 21.3 Å². The lowest BCUT2D eigenvalue weighted by molar-refractivity contribution is -0.112. The minimum atomic E-state index is -0.481. The van der Waals surface area contributed by atoms with E-state index in [-0.39, 0.29) is 5.57 Å². The summed E-state index contributed by atoms with van der Waals surface area (Å²) in [5.41, 5.74) is 1.22. The Morgan fingerprint density at radius 2 is 2.05 bits per heavy atom. The standard InChI is InChI=1S/C14H9ClN2O2/c15-12-1-3-13(4-2-12)17-14(18)11(8-16)7-10-5-6-19-9-10/h1-7,9H,(H,17,18)/b11-7+. The third-order valence-corrected chi connectivity index (χ3v) is 2.57. The minimum absolute atomic E-state index is 0.00338. The fourth-order valence-electron chi connectivity index (χ4n) is 1.40. The molecule has 0 spiro atoms. The van der Waals surface area contributed by atoms with Crippen LogP contribution in [0.4, 0.5) is 5.69 Å². The van der Waals surface area contributed by atoms with Crippen molar-refractivity contribution in [3.8, 4) is 6.07 Å². The summed E-state index contributed by atoms with van der Waals surface area (Å²) >= 11 is 5.75. The summed E-state index contributed by atoms with van der Waals surface area (Å²) < 4.78 is 4.87. The molecule has 0 saturated carbocycles. The molecule has 0 unspecified atom stereocenters. The normalized spacial score (nSPS) is 10.8. The van der Waals surface area contributed by atoms with Gasteiger partial charge in [-0.25, -0.2) is 0 Å². The van der Waals surface area contributed by atoms with Crippen molar-refractivity contribution in [2.45, 2.75) is 0 Å². The Balaban J connectivity index is 2.14. The van der Waals surface area contributed by atoms with Gasteiger partial charge in [-0.15, -0.1) is 0 Å². The monoisotopic (exact) mass is 272 g/mol. The van der Waals surface area contributed by atoms with Gasteiger partial charge >= 0.3 is 0 Å². The van der Waals surface area contributed by atoms with Gasteiger partial charge in [-0.05, 0) is 36.4 Å². The van der Waals surface area contributed by atoms with Crippen LogP contribution in [-0.4, -0.2) is 5.91 Å². The third-order valence-electron chi connectivity index (χ3n) is 2.32. The second-order valence-electron chi connectivity index (χ2n) is 3.69. The summed E-state index contributed by atoms with van der Waals surface area (Å²) in [6.07, 6.45) is 4.37. The van der Waals surface area contributed by atoms with E-state index in [0.29, 0.717) is 16.3 Å². The zero-order chi connectivity index (χ0) is 13.7. The van der Waals surface area contributed by atoms with Gasteiger partial charge in [0.15, 0.2) is 0 Å². The summed E-state index contributed by atoms with van der Waals surface area (Å²) in [5, 5.41) is 12.2. The molecule has 0 aliphatic heterocycles. The molecule has 1 aromatic carbocycles. The van der Waals surface area contributed by atoms with Gasteiger partial charge in [0.1, 0.15) is 11.6 Å². The Bertz CT molecular complexity index is 637. The number of rotatable bonds is 3. The molecule has 1 amide bonds. The predicted molar refractivity (Wildman–Crippen MR) is 72.4 cm³/mol. The molecule has 1 heterocycles. The molecule has 0 aliphatic rings. The number of benzene rings is 1. The Morgan fingerprint density at radius 3 is 2.63 bits per heavy atom. The quantitative estimate of drug-likeness (QED) is 0.687.